The van der Waals surface area contributed by atoms with Gasteiger partial charge in [-0.05, 0) is 13.3 Å². The topological polar surface area (TPSA) is 63.6 Å². The van der Waals surface area contributed by atoms with Gasteiger partial charge in [-0.3, -0.25) is 9.59 Å². The number of ketones is 1. The normalized spacial score (nSPS) is 27.4. The minimum Gasteiger partial charge on any atom is -0.480 e. The van der Waals surface area contributed by atoms with E-state index in [0.717, 1.165) is 0 Å². The van der Waals surface area contributed by atoms with Gasteiger partial charge in [0.2, 0.25) is 0 Å². The Morgan fingerprint density at radius 1 is 1.71 bits per heavy atom. The van der Waals surface area contributed by atoms with Gasteiger partial charge in [-0.15, -0.1) is 6.58 Å². The lowest BCUT2D eigenvalue weighted by atomic mass is 9.76. The quantitative estimate of drug-likeness (QED) is 0.543. The third kappa shape index (κ3) is 1.85. The lowest BCUT2D eigenvalue weighted by molar-refractivity contribution is -0.164. The molecule has 1 aliphatic heterocycles. The van der Waals surface area contributed by atoms with E-state index in [9.17, 15) is 9.59 Å². The maximum Gasteiger partial charge on any atom is 0.319 e. The number of carbonyl (C=O) groups excluding carboxylic acids is 1. The molecule has 1 unspecified atom stereocenters. The van der Waals surface area contributed by atoms with Crippen LogP contribution in [-0.2, 0) is 14.3 Å². The zero-order valence-electron chi connectivity index (χ0n) is 8.21. The maximum atomic E-state index is 11.6. The molecule has 0 spiro atoms. The number of carboxylic acids is 1. The zero-order valence-corrected chi connectivity index (χ0v) is 8.21. The molecule has 1 aliphatic rings. The van der Waals surface area contributed by atoms with Crippen molar-refractivity contribution >= 4 is 11.8 Å². The molecule has 78 valence electrons. The van der Waals surface area contributed by atoms with Gasteiger partial charge in [0.1, 0.15) is 0 Å². The van der Waals surface area contributed by atoms with Crippen LogP contribution < -0.4 is 0 Å². The fourth-order valence-electron chi connectivity index (χ4n) is 1.65. The predicted molar refractivity (Wildman–Crippen MR) is 49.9 cm³/mol. The van der Waals surface area contributed by atoms with Crippen LogP contribution in [0.3, 0.4) is 0 Å². The standard InChI is InChI=1S/C10H14O4/c1-7(2)5-10(9(12)13)6-14-4-3-8(10)11/h1,3-6H2,2H3,(H,12,13). The van der Waals surface area contributed by atoms with E-state index in [1.165, 1.54) is 0 Å². The highest BCUT2D eigenvalue weighted by Crippen LogP contribution is 2.32. The van der Waals surface area contributed by atoms with Gasteiger partial charge in [-0.2, -0.15) is 0 Å². The van der Waals surface area contributed by atoms with E-state index >= 15 is 0 Å². The number of carboxylic acid groups (broad SMARTS) is 1. The second kappa shape index (κ2) is 3.92. The van der Waals surface area contributed by atoms with Gasteiger partial charge >= 0.3 is 5.97 Å². The van der Waals surface area contributed by atoms with E-state index in [4.69, 9.17) is 9.84 Å². The third-order valence-electron chi connectivity index (χ3n) is 2.37. The van der Waals surface area contributed by atoms with Crippen molar-refractivity contribution in [3.8, 4) is 0 Å². The predicted octanol–water partition coefficient (Wildman–Crippen LogP) is 1.01. The minimum atomic E-state index is -1.38. The Bertz CT molecular complexity index is 282. The summed E-state index contributed by atoms with van der Waals surface area (Å²) in [5.41, 5.74) is -0.698. The summed E-state index contributed by atoms with van der Waals surface area (Å²) in [5, 5.41) is 9.07. The Kier molecular flexibility index (Phi) is 3.06. The van der Waals surface area contributed by atoms with E-state index in [1.807, 2.05) is 0 Å². The van der Waals surface area contributed by atoms with Crippen LogP contribution in [0, 0.1) is 5.41 Å². The summed E-state index contributed by atoms with van der Waals surface area (Å²) in [5.74, 6) is -1.36. The van der Waals surface area contributed by atoms with Gasteiger partial charge in [-0.1, -0.05) is 5.57 Å². The van der Waals surface area contributed by atoms with Gasteiger partial charge in [0.15, 0.2) is 11.2 Å². The number of carbonyl (C=O) groups is 2. The van der Waals surface area contributed by atoms with Crippen molar-refractivity contribution in [3.63, 3.8) is 0 Å². The zero-order chi connectivity index (χ0) is 10.8. The first kappa shape index (κ1) is 10.9. The molecule has 1 atom stereocenters. The van der Waals surface area contributed by atoms with Crippen molar-refractivity contribution in [2.24, 2.45) is 5.41 Å². The molecule has 1 saturated heterocycles. The Hall–Kier alpha value is -1.16. The number of hydrogen-bond acceptors (Lipinski definition) is 3. The molecule has 0 aromatic heterocycles. The average Bonchev–Trinajstić information content (AvgIpc) is 2.08. The molecule has 0 aromatic carbocycles. The first-order valence-electron chi connectivity index (χ1n) is 4.48. The van der Waals surface area contributed by atoms with Crippen LogP contribution in [0.1, 0.15) is 19.8 Å². The fourth-order valence-corrected chi connectivity index (χ4v) is 1.65. The van der Waals surface area contributed by atoms with Crippen molar-refractivity contribution in [1.29, 1.82) is 0 Å². The molecule has 4 heteroatoms. The van der Waals surface area contributed by atoms with Crippen LogP contribution in [-0.4, -0.2) is 30.1 Å². The average molecular weight is 198 g/mol. The van der Waals surface area contributed by atoms with E-state index in [2.05, 4.69) is 6.58 Å². The summed E-state index contributed by atoms with van der Waals surface area (Å²) in [6.07, 6.45) is 0.348. The van der Waals surface area contributed by atoms with Gasteiger partial charge < -0.3 is 9.84 Å². The largest absolute Gasteiger partial charge is 0.480 e. The van der Waals surface area contributed by atoms with Crippen LogP contribution in [0.25, 0.3) is 0 Å². The number of rotatable bonds is 3. The van der Waals surface area contributed by atoms with Crippen molar-refractivity contribution < 1.29 is 19.4 Å². The van der Waals surface area contributed by atoms with Crippen LogP contribution >= 0.6 is 0 Å². The summed E-state index contributed by atoms with van der Waals surface area (Å²) in [6.45, 7) is 5.64. The van der Waals surface area contributed by atoms with Crippen molar-refractivity contribution in [2.75, 3.05) is 13.2 Å². The molecule has 14 heavy (non-hydrogen) atoms. The minimum absolute atomic E-state index is 0.0337. The number of Topliss-reactive ketones (excluding diaryl/α,β-unsaturated/α-hetero) is 1. The molecular weight excluding hydrogens is 184 g/mol. The third-order valence-corrected chi connectivity index (χ3v) is 2.37. The smallest absolute Gasteiger partial charge is 0.319 e. The van der Waals surface area contributed by atoms with Crippen molar-refractivity contribution in [3.05, 3.63) is 12.2 Å². The van der Waals surface area contributed by atoms with Crippen molar-refractivity contribution in [2.45, 2.75) is 19.8 Å². The Labute approximate surface area is 82.6 Å². The lowest BCUT2D eigenvalue weighted by Crippen LogP contribution is -2.47. The van der Waals surface area contributed by atoms with Crippen molar-refractivity contribution in [1.82, 2.24) is 0 Å². The van der Waals surface area contributed by atoms with Crippen LogP contribution in [0.15, 0.2) is 12.2 Å². The number of aliphatic carboxylic acids is 1. The first-order valence-corrected chi connectivity index (χ1v) is 4.48. The number of hydrogen-bond donors (Lipinski definition) is 1. The Balaban J connectivity index is 2.95. The van der Waals surface area contributed by atoms with Crippen LogP contribution in [0.5, 0.6) is 0 Å². The molecular formula is C10H14O4. The molecule has 4 nitrogen and oxygen atoms in total. The highest BCUT2D eigenvalue weighted by Gasteiger charge is 2.47. The van der Waals surface area contributed by atoms with E-state index < -0.39 is 11.4 Å². The number of allylic oxidation sites excluding steroid dienone is 1. The summed E-state index contributed by atoms with van der Waals surface area (Å²) in [7, 11) is 0. The van der Waals surface area contributed by atoms with Gasteiger partial charge in [-0.25, -0.2) is 0 Å². The SMILES string of the molecule is C=C(C)CC1(C(=O)O)COCCC1=O. The highest BCUT2D eigenvalue weighted by atomic mass is 16.5. The second-order valence-corrected chi connectivity index (χ2v) is 3.75. The molecule has 0 aliphatic carbocycles. The highest BCUT2D eigenvalue weighted by molar-refractivity contribution is 6.04. The summed E-state index contributed by atoms with van der Waals surface area (Å²) in [4.78, 5) is 22.7. The van der Waals surface area contributed by atoms with E-state index in [0.29, 0.717) is 12.2 Å². The molecule has 0 radical (unpaired) electrons. The lowest BCUT2D eigenvalue weighted by Gasteiger charge is -2.31. The molecule has 0 aromatic rings. The van der Waals surface area contributed by atoms with E-state index in [1.54, 1.807) is 6.92 Å². The first-order chi connectivity index (χ1) is 6.49. The summed E-state index contributed by atoms with van der Waals surface area (Å²) < 4.78 is 5.08. The summed E-state index contributed by atoms with van der Waals surface area (Å²) >= 11 is 0. The molecule has 0 saturated carbocycles. The molecule has 1 rings (SSSR count). The van der Waals surface area contributed by atoms with Gasteiger partial charge in [0.05, 0.1) is 13.2 Å². The van der Waals surface area contributed by atoms with Gasteiger partial charge in [0, 0.05) is 6.42 Å². The molecule has 1 heterocycles. The molecule has 1 fully saturated rings. The van der Waals surface area contributed by atoms with Crippen LogP contribution in [0.4, 0.5) is 0 Å². The summed E-state index contributed by atoms with van der Waals surface area (Å²) in [6, 6.07) is 0. The fraction of sp³-hybridized carbons (Fsp3) is 0.600. The van der Waals surface area contributed by atoms with Crippen LogP contribution in [0.2, 0.25) is 0 Å². The van der Waals surface area contributed by atoms with E-state index in [-0.39, 0.29) is 25.2 Å². The molecule has 0 bridgehead atoms. The molecule has 1 N–H and O–H groups in total. The Morgan fingerprint density at radius 2 is 2.36 bits per heavy atom. The molecule has 0 amide bonds. The monoisotopic (exact) mass is 198 g/mol. The second-order valence-electron chi connectivity index (χ2n) is 3.75. The maximum absolute atomic E-state index is 11.6. The number of ether oxygens (including phenoxy) is 1. The Morgan fingerprint density at radius 3 is 2.79 bits per heavy atom. The van der Waals surface area contributed by atoms with Gasteiger partial charge in [0.25, 0.3) is 0 Å².